The summed E-state index contributed by atoms with van der Waals surface area (Å²) < 4.78 is 0. The summed E-state index contributed by atoms with van der Waals surface area (Å²) in [6, 6.07) is 0.312. The highest BCUT2D eigenvalue weighted by Crippen LogP contribution is 2.39. The number of nitrogens with two attached hydrogens (primary N) is 1. The van der Waals surface area contributed by atoms with E-state index in [1.165, 1.54) is 6.42 Å². The third-order valence-corrected chi connectivity index (χ3v) is 4.55. The number of allylic oxidation sites excluding steroid dienone is 4. The Morgan fingerprint density at radius 2 is 2.11 bits per heavy atom. The van der Waals surface area contributed by atoms with Crippen molar-refractivity contribution in [3.63, 3.8) is 0 Å². The number of nitrogens with one attached hydrogen (secondary N) is 1. The smallest absolute Gasteiger partial charge is 0.244 e. The summed E-state index contributed by atoms with van der Waals surface area (Å²) in [6.07, 6.45) is 14.2. The average molecular weight is 244 g/mol. The number of carbonyl (C=O) groups is 1. The first-order chi connectivity index (χ1) is 8.75. The Hall–Kier alpha value is -1.35. The minimum atomic E-state index is -0.255. The van der Waals surface area contributed by atoms with Crippen molar-refractivity contribution in [2.45, 2.75) is 25.3 Å². The summed E-state index contributed by atoms with van der Waals surface area (Å²) in [6.45, 7) is 1.02. The van der Waals surface area contributed by atoms with Gasteiger partial charge in [0.1, 0.15) is 0 Å². The van der Waals surface area contributed by atoms with Gasteiger partial charge in [-0.15, -0.1) is 0 Å². The molecule has 4 atom stereocenters. The maximum atomic E-state index is 11.3. The van der Waals surface area contributed by atoms with Crippen molar-refractivity contribution >= 4 is 5.91 Å². The molecule has 3 rings (SSSR count). The largest absolute Gasteiger partial charge is 0.366 e. The predicted molar refractivity (Wildman–Crippen MR) is 71.7 cm³/mol. The number of primary amides is 1. The summed E-state index contributed by atoms with van der Waals surface area (Å²) in [5.41, 5.74) is 6.20. The molecule has 0 aromatic carbocycles. The average Bonchev–Trinajstić information content (AvgIpc) is 2.57. The van der Waals surface area contributed by atoms with Crippen molar-refractivity contribution in [2.75, 3.05) is 6.54 Å². The highest BCUT2D eigenvalue weighted by Gasteiger charge is 2.36. The number of rotatable bonds is 1. The summed E-state index contributed by atoms with van der Waals surface area (Å²) in [7, 11) is 0. The molecule has 1 amide bonds. The van der Waals surface area contributed by atoms with Gasteiger partial charge >= 0.3 is 0 Å². The van der Waals surface area contributed by atoms with Gasteiger partial charge in [-0.3, -0.25) is 4.79 Å². The molecule has 0 aromatic rings. The second-order valence-corrected chi connectivity index (χ2v) is 5.54. The Labute approximate surface area is 108 Å². The van der Waals surface area contributed by atoms with Crippen LogP contribution in [0.15, 0.2) is 36.0 Å². The first-order valence-electron chi connectivity index (χ1n) is 6.84. The third-order valence-electron chi connectivity index (χ3n) is 4.55. The topological polar surface area (TPSA) is 55.1 Å². The van der Waals surface area contributed by atoms with Crippen LogP contribution in [0.4, 0.5) is 0 Å². The zero-order valence-corrected chi connectivity index (χ0v) is 10.5. The van der Waals surface area contributed by atoms with Gasteiger partial charge in [-0.05, 0) is 43.6 Å². The molecule has 1 saturated heterocycles. The van der Waals surface area contributed by atoms with Gasteiger partial charge in [0, 0.05) is 11.6 Å². The molecular formula is C15H20N2O. The minimum absolute atomic E-state index is 0.255. The van der Waals surface area contributed by atoms with Crippen LogP contribution in [-0.2, 0) is 4.79 Å². The van der Waals surface area contributed by atoms with Crippen LogP contribution in [0.5, 0.6) is 0 Å². The number of hydrogen-bond acceptors (Lipinski definition) is 2. The zero-order valence-electron chi connectivity index (χ0n) is 10.5. The monoisotopic (exact) mass is 244 g/mol. The van der Waals surface area contributed by atoms with Crippen molar-refractivity contribution in [3.8, 4) is 0 Å². The van der Waals surface area contributed by atoms with Crippen LogP contribution < -0.4 is 11.1 Å². The molecule has 96 valence electrons. The molecule has 3 aliphatic rings. The van der Waals surface area contributed by atoms with Gasteiger partial charge in [-0.25, -0.2) is 0 Å². The third kappa shape index (κ3) is 2.03. The fourth-order valence-electron chi connectivity index (χ4n) is 3.61. The van der Waals surface area contributed by atoms with E-state index in [0.717, 1.165) is 25.0 Å². The molecule has 0 bridgehead atoms. The molecule has 0 radical (unpaired) electrons. The van der Waals surface area contributed by atoms with Gasteiger partial charge in [0.25, 0.3) is 0 Å². The molecular weight excluding hydrogens is 224 g/mol. The van der Waals surface area contributed by atoms with Crippen LogP contribution >= 0.6 is 0 Å². The van der Waals surface area contributed by atoms with Crippen molar-refractivity contribution in [1.82, 2.24) is 5.32 Å². The molecule has 1 aliphatic heterocycles. The van der Waals surface area contributed by atoms with E-state index in [1.54, 1.807) is 0 Å². The standard InChI is InChI=1S/C15H20N2O/c16-15(18)11-5-6-13-12-4-2-1-3-10(12)7-8-17-14(13)9-11/h1-4,9-10,12-14,17H,5-8H2,(H2,16,18). The number of fused-ring (bicyclic) bond motifs is 3. The molecule has 1 heterocycles. The summed E-state index contributed by atoms with van der Waals surface area (Å²) in [5, 5.41) is 3.57. The van der Waals surface area contributed by atoms with E-state index in [4.69, 9.17) is 5.73 Å². The van der Waals surface area contributed by atoms with Crippen molar-refractivity contribution in [3.05, 3.63) is 36.0 Å². The predicted octanol–water partition coefficient (Wildman–Crippen LogP) is 1.53. The molecule has 1 fully saturated rings. The number of amides is 1. The Balaban J connectivity index is 1.87. The summed E-state index contributed by atoms with van der Waals surface area (Å²) in [4.78, 5) is 11.3. The van der Waals surface area contributed by atoms with Crippen LogP contribution in [-0.4, -0.2) is 18.5 Å². The van der Waals surface area contributed by atoms with Crippen molar-refractivity contribution in [1.29, 1.82) is 0 Å². The second-order valence-electron chi connectivity index (χ2n) is 5.54. The normalized spacial score (nSPS) is 38.3. The van der Waals surface area contributed by atoms with Gasteiger partial charge in [-0.1, -0.05) is 30.4 Å². The van der Waals surface area contributed by atoms with Gasteiger partial charge in [0.15, 0.2) is 0 Å². The molecule has 0 aromatic heterocycles. The fourth-order valence-corrected chi connectivity index (χ4v) is 3.61. The lowest BCUT2D eigenvalue weighted by atomic mass is 9.71. The molecule has 3 heteroatoms. The highest BCUT2D eigenvalue weighted by atomic mass is 16.1. The Kier molecular flexibility index (Phi) is 3.08. The molecule has 2 aliphatic carbocycles. The van der Waals surface area contributed by atoms with E-state index in [9.17, 15) is 4.79 Å². The zero-order chi connectivity index (χ0) is 12.5. The van der Waals surface area contributed by atoms with E-state index in [-0.39, 0.29) is 5.91 Å². The maximum Gasteiger partial charge on any atom is 0.244 e. The quantitative estimate of drug-likeness (QED) is 0.735. The molecule has 3 nitrogen and oxygen atoms in total. The molecule has 0 saturated carbocycles. The van der Waals surface area contributed by atoms with Gasteiger partial charge in [0.2, 0.25) is 5.91 Å². The first kappa shape index (κ1) is 11.7. The maximum absolute atomic E-state index is 11.3. The van der Waals surface area contributed by atoms with E-state index in [2.05, 4.69) is 35.7 Å². The lowest BCUT2D eigenvalue weighted by Gasteiger charge is -2.35. The molecule has 0 spiro atoms. The molecule has 4 unspecified atom stereocenters. The number of hydrogen-bond donors (Lipinski definition) is 2. The summed E-state index contributed by atoms with van der Waals surface area (Å²) in [5.74, 6) is 1.61. The minimum Gasteiger partial charge on any atom is -0.366 e. The lowest BCUT2D eigenvalue weighted by Crippen LogP contribution is -2.40. The lowest BCUT2D eigenvalue weighted by molar-refractivity contribution is -0.114. The second kappa shape index (κ2) is 4.73. The first-order valence-corrected chi connectivity index (χ1v) is 6.84. The van der Waals surface area contributed by atoms with Gasteiger partial charge in [0.05, 0.1) is 0 Å². The van der Waals surface area contributed by atoms with Gasteiger partial charge < -0.3 is 11.1 Å². The molecule has 3 N–H and O–H groups in total. The SMILES string of the molecule is NC(=O)C1=CC2NCCC3C=CC=CC3C2CC1. The Morgan fingerprint density at radius 1 is 1.28 bits per heavy atom. The van der Waals surface area contributed by atoms with Crippen LogP contribution in [0.1, 0.15) is 19.3 Å². The van der Waals surface area contributed by atoms with E-state index in [0.29, 0.717) is 23.8 Å². The van der Waals surface area contributed by atoms with Crippen LogP contribution in [0.2, 0.25) is 0 Å². The van der Waals surface area contributed by atoms with Crippen LogP contribution in [0, 0.1) is 17.8 Å². The fraction of sp³-hybridized carbons (Fsp3) is 0.533. The van der Waals surface area contributed by atoms with E-state index in [1.807, 2.05) is 0 Å². The molecule has 18 heavy (non-hydrogen) atoms. The van der Waals surface area contributed by atoms with E-state index >= 15 is 0 Å². The summed E-state index contributed by atoms with van der Waals surface area (Å²) >= 11 is 0. The Morgan fingerprint density at radius 3 is 2.94 bits per heavy atom. The van der Waals surface area contributed by atoms with E-state index < -0.39 is 0 Å². The van der Waals surface area contributed by atoms with Gasteiger partial charge in [-0.2, -0.15) is 0 Å². The van der Waals surface area contributed by atoms with Crippen LogP contribution in [0.3, 0.4) is 0 Å². The van der Waals surface area contributed by atoms with Crippen molar-refractivity contribution in [2.24, 2.45) is 23.5 Å². The van der Waals surface area contributed by atoms with Crippen molar-refractivity contribution < 1.29 is 4.79 Å². The highest BCUT2D eigenvalue weighted by molar-refractivity contribution is 5.92. The van der Waals surface area contributed by atoms with Crippen LogP contribution in [0.25, 0.3) is 0 Å². The Bertz CT molecular complexity index is 436. The number of carbonyl (C=O) groups excluding carboxylic acids is 1.